The number of primary amides is 1. The third-order valence-electron chi connectivity index (χ3n) is 2.94. The molecule has 2 rings (SSSR count). The summed E-state index contributed by atoms with van der Waals surface area (Å²) in [7, 11) is 1.82. The number of carbonyl (C=O) groups excluding carboxylic acids is 1. The van der Waals surface area contributed by atoms with E-state index in [9.17, 15) is 10.1 Å². The van der Waals surface area contributed by atoms with E-state index in [0.717, 1.165) is 16.9 Å². The minimum atomic E-state index is -0.625. The Hall–Kier alpha value is -2.23. The van der Waals surface area contributed by atoms with E-state index in [0.29, 0.717) is 16.6 Å². The molecule has 1 heterocycles. The van der Waals surface area contributed by atoms with Crippen LogP contribution in [0.5, 0.6) is 0 Å². The van der Waals surface area contributed by atoms with E-state index >= 15 is 0 Å². The van der Waals surface area contributed by atoms with E-state index in [-0.39, 0.29) is 16.1 Å². The van der Waals surface area contributed by atoms with Gasteiger partial charge in [0.05, 0.1) is 5.69 Å². The molecule has 0 saturated heterocycles. The highest BCUT2D eigenvalue weighted by Gasteiger charge is 2.21. The minimum absolute atomic E-state index is 0.146. The summed E-state index contributed by atoms with van der Waals surface area (Å²) in [5, 5.41) is 10.5. The number of nitrogen functional groups attached to an aromatic ring is 1. The number of benzene rings is 1. The molecule has 0 spiro atoms. The minimum Gasteiger partial charge on any atom is -0.396 e. The van der Waals surface area contributed by atoms with Gasteiger partial charge >= 0.3 is 0 Å². The first-order chi connectivity index (χ1) is 9.93. The first-order valence-electron chi connectivity index (χ1n) is 6.01. The Balaban J connectivity index is 2.33. The zero-order valence-electron chi connectivity index (χ0n) is 11.3. The lowest BCUT2D eigenvalue weighted by atomic mass is 10.2. The van der Waals surface area contributed by atoms with Crippen LogP contribution in [0.4, 0.5) is 10.7 Å². The van der Waals surface area contributed by atoms with Gasteiger partial charge in [-0.3, -0.25) is 4.79 Å². The van der Waals surface area contributed by atoms with Crippen LogP contribution in [0, 0.1) is 11.3 Å². The summed E-state index contributed by atoms with van der Waals surface area (Å²) >= 11 is 6.98. The standard InChI is InChI=1S/C14H13ClN4OS/c1-19(7-8-2-4-9(15)5-3-8)14-10(6-16)11(17)12(21-14)13(18)20/h2-5H,7,17H2,1H3,(H2,18,20). The summed E-state index contributed by atoms with van der Waals surface area (Å²) in [4.78, 5) is 13.4. The van der Waals surface area contributed by atoms with Gasteiger partial charge in [-0.1, -0.05) is 23.7 Å². The van der Waals surface area contributed by atoms with Gasteiger partial charge in [-0.25, -0.2) is 0 Å². The summed E-state index contributed by atoms with van der Waals surface area (Å²) in [5.41, 5.74) is 12.5. The maximum Gasteiger partial charge on any atom is 0.261 e. The molecule has 0 aliphatic carbocycles. The third-order valence-corrected chi connectivity index (χ3v) is 4.53. The second kappa shape index (κ2) is 6.04. The molecule has 5 nitrogen and oxygen atoms in total. The molecule has 1 amide bonds. The van der Waals surface area contributed by atoms with Crippen molar-refractivity contribution < 1.29 is 4.79 Å². The first-order valence-corrected chi connectivity index (χ1v) is 7.21. The fourth-order valence-corrected chi connectivity index (χ4v) is 3.04. The van der Waals surface area contributed by atoms with Crippen LogP contribution in [0.15, 0.2) is 24.3 Å². The number of hydrogen-bond donors (Lipinski definition) is 2. The summed E-state index contributed by atoms with van der Waals surface area (Å²) in [6.45, 7) is 0.560. The average Bonchev–Trinajstić information content (AvgIpc) is 2.78. The molecule has 7 heteroatoms. The molecule has 0 radical (unpaired) electrons. The van der Waals surface area contributed by atoms with Gasteiger partial charge in [0.1, 0.15) is 21.5 Å². The third kappa shape index (κ3) is 3.10. The number of amides is 1. The molecule has 0 aliphatic heterocycles. The van der Waals surface area contributed by atoms with Crippen molar-refractivity contribution in [3.8, 4) is 6.07 Å². The van der Waals surface area contributed by atoms with E-state index < -0.39 is 5.91 Å². The highest BCUT2D eigenvalue weighted by atomic mass is 35.5. The molecule has 0 atom stereocenters. The predicted molar refractivity (Wildman–Crippen MR) is 85.5 cm³/mol. The van der Waals surface area contributed by atoms with Crippen LogP contribution in [-0.2, 0) is 6.54 Å². The molecule has 0 bridgehead atoms. The van der Waals surface area contributed by atoms with Gasteiger partial charge in [0, 0.05) is 18.6 Å². The number of nitrogens with two attached hydrogens (primary N) is 2. The molecule has 108 valence electrons. The second-order valence-electron chi connectivity index (χ2n) is 4.48. The highest BCUT2D eigenvalue weighted by Crippen LogP contribution is 2.37. The number of anilines is 2. The van der Waals surface area contributed by atoms with Gasteiger partial charge in [0.2, 0.25) is 0 Å². The Kier molecular flexibility index (Phi) is 4.36. The van der Waals surface area contributed by atoms with Crippen molar-refractivity contribution in [1.82, 2.24) is 0 Å². The van der Waals surface area contributed by atoms with Crippen LogP contribution in [0.3, 0.4) is 0 Å². The molecular weight excluding hydrogens is 308 g/mol. The van der Waals surface area contributed by atoms with Crippen molar-refractivity contribution in [3.05, 3.63) is 45.3 Å². The van der Waals surface area contributed by atoms with E-state index in [1.807, 2.05) is 30.1 Å². The van der Waals surface area contributed by atoms with Gasteiger partial charge < -0.3 is 16.4 Å². The van der Waals surface area contributed by atoms with E-state index in [4.69, 9.17) is 23.1 Å². The van der Waals surface area contributed by atoms with Crippen molar-refractivity contribution in [1.29, 1.82) is 5.26 Å². The Morgan fingerprint density at radius 3 is 2.57 bits per heavy atom. The molecule has 4 N–H and O–H groups in total. The Morgan fingerprint density at radius 1 is 1.43 bits per heavy atom. The van der Waals surface area contributed by atoms with Crippen LogP contribution in [0.2, 0.25) is 5.02 Å². The number of nitriles is 1. The molecule has 21 heavy (non-hydrogen) atoms. The fourth-order valence-electron chi connectivity index (χ4n) is 1.93. The molecule has 0 aliphatic rings. The normalized spacial score (nSPS) is 10.1. The predicted octanol–water partition coefficient (Wildman–Crippen LogP) is 2.59. The zero-order valence-corrected chi connectivity index (χ0v) is 12.8. The summed E-state index contributed by atoms with van der Waals surface area (Å²) in [6.07, 6.45) is 0. The van der Waals surface area contributed by atoms with Crippen molar-refractivity contribution in [3.63, 3.8) is 0 Å². The number of rotatable bonds is 4. The largest absolute Gasteiger partial charge is 0.396 e. The van der Waals surface area contributed by atoms with Crippen molar-refractivity contribution in [2.24, 2.45) is 5.73 Å². The summed E-state index contributed by atoms with van der Waals surface area (Å²) in [5.74, 6) is -0.625. The number of thiophene rings is 1. The summed E-state index contributed by atoms with van der Waals surface area (Å²) in [6, 6.07) is 9.43. The number of hydrogen-bond acceptors (Lipinski definition) is 5. The molecular formula is C14H13ClN4OS. The molecule has 1 aromatic carbocycles. The Bertz CT molecular complexity index is 718. The molecule has 1 aromatic heterocycles. The second-order valence-corrected chi connectivity index (χ2v) is 5.92. The van der Waals surface area contributed by atoms with Crippen LogP contribution in [0.25, 0.3) is 0 Å². The lowest BCUT2D eigenvalue weighted by Crippen LogP contribution is -2.16. The van der Waals surface area contributed by atoms with Gasteiger partial charge in [0.15, 0.2) is 0 Å². The Labute approximate surface area is 131 Å². The first kappa shape index (κ1) is 15.2. The summed E-state index contributed by atoms with van der Waals surface area (Å²) < 4.78 is 0. The molecule has 0 fully saturated rings. The van der Waals surface area contributed by atoms with Crippen LogP contribution in [0.1, 0.15) is 20.8 Å². The smallest absolute Gasteiger partial charge is 0.261 e. The van der Waals surface area contributed by atoms with Crippen molar-refractivity contribution in [2.45, 2.75) is 6.54 Å². The van der Waals surface area contributed by atoms with Crippen molar-refractivity contribution >= 4 is 39.5 Å². The topological polar surface area (TPSA) is 96.1 Å². The number of halogens is 1. The Morgan fingerprint density at radius 2 is 2.05 bits per heavy atom. The maximum atomic E-state index is 11.3. The van der Waals surface area contributed by atoms with E-state index in [1.165, 1.54) is 0 Å². The fraction of sp³-hybridized carbons (Fsp3) is 0.143. The quantitative estimate of drug-likeness (QED) is 0.905. The average molecular weight is 321 g/mol. The zero-order chi connectivity index (χ0) is 15.6. The maximum absolute atomic E-state index is 11.3. The van der Waals surface area contributed by atoms with Crippen LogP contribution in [-0.4, -0.2) is 13.0 Å². The van der Waals surface area contributed by atoms with Gasteiger partial charge in [0.25, 0.3) is 5.91 Å². The van der Waals surface area contributed by atoms with Crippen LogP contribution < -0.4 is 16.4 Å². The lowest BCUT2D eigenvalue weighted by molar-refractivity contribution is 0.100. The van der Waals surface area contributed by atoms with Gasteiger partial charge in [-0.15, -0.1) is 11.3 Å². The van der Waals surface area contributed by atoms with Gasteiger partial charge in [-0.2, -0.15) is 5.26 Å². The van der Waals surface area contributed by atoms with Crippen LogP contribution >= 0.6 is 22.9 Å². The molecule has 0 unspecified atom stereocenters. The number of carbonyl (C=O) groups is 1. The molecule has 2 aromatic rings. The number of nitrogens with zero attached hydrogens (tertiary/aromatic N) is 2. The van der Waals surface area contributed by atoms with Crippen molar-refractivity contribution in [2.75, 3.05) is 17.7 Å². The van der Waals surface area contributed by atoms with Gasteiger partial charge in [-0.05, 0) is 17.7 Å². The van der Waals surface area contributed by atoms with E-state index in [1.54, 1.807) is 12.1 Å². The molecule has 0 saturated carbocycles. The lowest BCUT2D eigenvalue weighted by Gasteiger charge is -2.17. The van der Waals surface area contributed by atoms with E-state index in [2.05, 4.69) is 0 Å². The SMILES string of the molecule is CN(Cc1ccc(Cl)cc1)c1sc(C(N)=O)c(N)c1C#N. The monoisotopic (exact) mass is 320 g/mol. The highest BCUT2D eigenvalue weighted by molar-refractivity contribution is 7.19.